The number of hydrogen-bond donors (Lipinski definition) is 6. The second-order valence-electron chi connectivity index (χ2n) is 17.9. The molecule has 8 rings (SSSR count). The Morgan fingerprint density at radius 2 is 0.882 bits per heavy atom. The molecular weight excluding hydrogens is 989 g/mol. The topological polar surface area (TPSA) is 201 Å². The normalized spacial score (nSPS) is 12.6. The van der Waals surface area contributed by atoms with Gasteiger partial charge in [-0.2, -0.15) is 17.6 Å². The number of aromatic amines is 2. The Hall–Kier alpha value is -8.16. The van der Waals surface area contributed by atoms with Crippen molar-refractivity contribution >= 4 is 33.7 Å². The monoisotopic (exact) mass is 1040 g/mol. The Balaban J connectivity index is 0.787. The minimum atomic E-state index is -3.15. The molecule has 2 heterocycles. The number of aliphatic hydroxyl groups excluding tert-OH is 2. The van der Waals surface area contributed by atoms with Crippen molar-refractivity contribution in [1.82, 2.24) is 20.6 Å². The van der Waals surface area contributed by atoms with Gasteiger partial charge in [-0.05, 0) is 96.7 Å². The van der Waals surface area contributed by atoms with Crippen LogP contribution in [0.1, 0.15) is 58.4 Å². The van der Waals surface area contributed by atoms with Crippen LogP contribution < -0.4 is 40.7 Å². The molecule has 0 amide bonds. The lowest BCUT2D eigenvalue weighted by Crippen LogP contribution is -2.24. The fraction of sp³-hybridized carbons (Fsp3) is 0.241. The largest absolute Gasteiger partial charge is 0.487 e. The van der Waals surface area contributed by atoms with E-state index in [1.54, 1.807) is 97.1 Å². The first-order chi connectivity index (χ1) is 36.6. The number of aromatic nitrogens is 2. The molecule has 0 saturated carbocycles. The van der Waals surface area contributed by atoms with Gasteiger partial charge in [-0.3, -0.25) is 19.2 Å². The van der Waals surface area contributed by atoms with Crippen LogP contribution in [0.5, 0.6) is 23.0 Å². The number of alkyl halides is 4. The van der Waals surface area contributed by atoms with E-state index in [9.17, 15) is 47.0 Å². The lowest BCUT2D eigenvalue weighted by Gasteiger charge is -2.18. The van der Waals surface area contributed by atoms with Gasteiger partial charge >= 0.3 is 23.8 Å². The number of ether oxygens (including phenoxy) is 4. The molecule has 76 heavy (non-hydrogen) atoms. The standard InChI is InChI=1S/C58H54F4N4O10/c59-57(60,39-7-3-1-4-8-39)35-73-41-15-11-37(12-16-41)29-31-63-33-47(67)43-19-23-49(55-45(43)21-25-51(69)65-55)75-53(71)27-28-54(72)76-50-24-20-44(46-22-26-52(70)66-56(46)50)48(68)34-64-32-30-38-13-17-42(18-14-38)74-36-58(61,62)40-9-5-2-6-10-40/h1-26,47-48,63-64,67-68H,27-36H2,(H,65,69)(H,66,70)/t47-,48-/m0/s1. The number of benzene rings is 6. The quantitative estimate of drug-likeness (QED) is 0.0138. The molecule has 14 nitrogen and oxygen atoms in total. The maximum Gasteiger partial charge on any atom is 0.311 e. The molecule has 0 aliphatic carbocycles. The van der Waals surface area contributed by atoms with Crippen molar-refractivity contribution in [2.45, 2.75) is 49.7 Å². The molecule has 18 heteroatoms. The average Bonchev–Trinajstić information content (AvgIpc) is 3.43. The molecule has 0 radical (unpaired) electrons. The Kier molecular flexibility index (Phi) is 17.7. The predicted molar refractivity (Wildman–Crippen MR) is 277 cm³/mol. The van der Waals surface area contributed by atoms with Crippen molar-refractivity contribution in [2.75, 3.05) is 39.4 Å². The molecule has 0 fully saturated rings. The van der Waals surface area contributed by atoms with E-state index < -0.39 is 73.2 Å². The van der Waals surface area contributed by atoms with Gasteiger partial charge in [0.15, 0.2) is 24.7 Å². The van der Waals surface area contributed by atoms with Crippen LogP contribution in [-0.2, 0) is 34.3 Å². The SMILES string of the molecule is O=C(CCC(=O)Oc1ccc([C@@H](O)CNCCc2ccc(OCC(F)(F)c3ccccc3)cc2)c2ccc(=O)[nH]c12)Oc1ccc([C@@H](O)CNCCc2ccc(OCC(F)(F)c3ccccc3)cc2)c2ccc(=O)[nH]c12. The Labute approximate surface area is 433 Å². The third kappa shape index (κ3) is 14.4. The molecule has 6 N–H and O–H groups in total. The van der Waals surface area contributed by atoms with E-state index in [1.165, 1.54) is 60.7 Å². The van der Waals surface area contributed by atoms with E-state index in [4.69, 9.17) is 18.9 Å². The molecule has 6 aromatic carbocycles. The summed E-state index contributed by atoms with van der Waals surface area (Å²) in [6.45, 7) is -0.437. The van der Waals surface area contributed by atoms with E-state index >= 15 is 0 Å². The number of halogens is 4. The van der Waals surface area contributed by atoms with Crippen LogP contribution in [0.15, 0.2) is 167 Å². The van der Waals surface area contributed by atoms with Crippen LogP contribution in [-0.4, -0.2) is 71.5 Å². The maximum absolute atomic E-state index is 14.5. The van der Waals surface area contributed by atoms with Gasteiger partial charge in [0, 0.05) is 47.1 Å². The Morgan fingerprint density at radius 3 is 1.26 bits per heavy atom. The molecule has 0 bridgehead atoms. The van der Waals surface area contributed by atoms with Gasteiger partial charge < -0.3 is 49.8 Å². The van der Waals surface area contributed by atoms with Gasteiger partial charge in [-0.25, -0.2) is 0 Å². The van der Waals surface area contributed by atoms with Crippen LogP contribution in [0.25, 0.3) is 21.8 Å². The minimum absolute atomic E-state index is 0.00960. The second kappa shape index (κ2) is 24.9. The first-order valence-electron chi connectivity index (χ1n) is 24.4. The Bertz CT molecular complexity index is 3140. The van der Waals surface area contributed by atoms with Gasteiger partial charge in [-0.15, -0.1) is 0 Å². The summed E-state index contributed by atoms with van der Waals surface area (Å²) < 4.78 is 80.0. The van der Waals surface area contributed by atoms with E-state index in [-0.39, 0.29) is 46.7 Å². The number of carbonyl (C=O) groups is 2. The van der Waals surface area contributed by atoms with E-state index in [0.717, 1.165) is 11.1 Å². The molecule has 0 spiro atoms. The van der Waals surface area contributed by atoms with Crippen LogP contribution in [0.3, 0.4) is 0 Å². The fourth-order valence-corrected chi connectivity index (χ4v) is 8.34. The molecule has 0 aliphatic heterocycles. The van der Waals surface area contributed by atoms with E-state index in [2.05, 4.69) is 20.6 Å². The molecule has 0 aliphatic rings. The number of H-pyrrole nitrogens is 2. The highest BCUT2D eigenvalue weighted by Crippen LogP contribution is 2.33. The van der Waals surface area contributed by atoms with Gasteiger partial charge in [0.05, 0.1) is 36.1 Å². The summed E-state index contributed by atoms with van der Waals surface area (Å²) in [6.07, 6.45) is -1.82. The number of pyridine rings is 2. The smallest absolute Gasteiger partial charge is 0.311 e. The van der Waals surface area contributed by atoms with Crippen molar-refractivity contribution in [2.24, 2.45) is 0 Å². The third-order valence-corrected chi connectivity index (χ3v) is 12.4. The molecular formula is C58H54F4N4O10. The van der Waals surface area contributed by atoms with Gasteiger partial charge in [0.1, 0.15) is 11.5 Å². The number of carbonyl (C=O) groups excluding carboxylic acids is 2. The highest BCUT2D eigenvalue weighted by atomic mass is 19.3. The average molecular weight is 1040 g/mol. The number of aliphatic hydroxyl groups is 2. The second-order valence-corrected chi connectivity index (χ2v) is 17.9. The van der Waals surface area contributed by atoms with E-state index in [1.807, 2.05) is 0 Å². The Morgan fingerprint density at radius 1 is 0.500 bits per heavy atom. The van der Waals surface area contributed by atoms with Crippen LogP contribution in [0, 0.1) is 0 Å². The van der Waals surface area contributed by atoms with Crippen LogP contribution in [0.2, 0.25) is 0 Å². The molecule has 2 aromatic heterocycles. The molecule has 2 atom stereocenters. The number of nitrogens with one attached hydrogen (secondary N) is 4. The molecule has 394 valence electrons. The lowest BCUT2D eigenvalue weighted by molar-refractivity contribution is -0.140. The van der Waals surface area contributed by atoms with Crippen molar-refractivity contribution in [3.05, 3.63) is 212 Å². The van der Waals surface area contributed by atoms with Crippen molar-refractivity contribution in [3.8, 4) is 23.0 Å². The highest BCUT2D eigenvalue weighted by Gasteiger charge is 2.33. The fourth-order valence-electron chi connectivity index (χ4n) is 8.34. The summed E-state index contributed by atoms with van der Waals surface area (Å²) in [5.41, 5.74) is 1.77. The number of rotatable bonds is 25. The summed E-state index contributed by atoms with van der Waals surface area (Å²) in [4.78, 5) is 56.4. The molecule has 0 saturated heterocycles. The zero-order valence-electron chi connectivity index (χ0n) is 40.9. The third-order valence-electron chi connectivity index (χ3n) is 12.4. The van der Waals surface area contributed by atoms with E-state index in [0.29, 0.717) is 59.3 Å². The summed E-state index contributed by atoms with van der Waals surface area (Å²) in [5, 5.41) is 29.6. The molecule has 0 unspecified atom stereocenters. The van der Waals surface area contributed by atoms with Gasteiger partial charge in [-0.1, -0.05) is 97.1 Å². The van der Waals surface area contributed by atoms with Gasteiger partial charge in [0.2, 0.25) is 11.1 Å². The van der Waals surface area contributed by atoms with Crippen molar-refractivity contribution in [3.63, 3.8) is 0 Å². The molecule has 8 aromatic rings. The maximum atomic E-state index is 14.5. The first kappa shape index (κ1) is 54.1. The summed E-state index contributed by atoms with van der Waals surface area (Å²) in [5.74, 6) is -7.35. The minimum Gasteiger partial charge on any atom is -0.487 e. The summed E-state index contributed by atoms with van der Waals surface area (Å²) >= 11 is 0. The number of fused-ring (bicyclic) bond motifs is 2. The zero-order chi connectivity index (χ0) is 53.7. The number of hydrogen-bond acceptors (Lipinski definition) is 12. The predicted octanol–water partition coefficient (Wildman–Crippen LogP) is 8.73. The summed E-state index contributed by atoms with van der Waals surface area (Å²) in [7, 11) is 0. The van der Waals surface area contributed by atoms with Crippen LogP contribution >= 0.6 is 0 Å². The highest BCUT2D eigenvalue weighted by molar-refractivity contribution is 5.92. The first-order valence-corrected chi connectivity index (χ1v) is 24.4. The summed E-state index contributed by atoms with van der Waals surface area (Å²) in [6, 6.07) is 40.0. The van der Waals surface area contributed by atoms with Crippen molar-refractivity contribution in [1.29, 1.82) is 0 Å². The lowest BCUT2D eigenvalue weighted by atomic mass is 10.0. The van der Waals surface area contributed by atoms with Crippen molar-refractivity contribution < 1.29 is 56.3 Å². The van der Waals surface area contributed by atoms with Gasteiger partial charge in [0.25, 0.3) is 0 Å². The zero-order valence-corrected chi connectivity index (χ0v) is 40.9. The number of esters is 2. The van der Waals surface area contributed by atoms with Crippen LogP contribution in [0.4, 0.5) is 17.6 Å².